The zero-order chi connectivity index (χ0) is 14.8. The van der Waals surface area contributed by atoms with Gasteiger partial charge in [0.2, 0.25) is 0 Å². The van der Waals surface area contributed by atoms with Crippen LogP contribution in [0.15, 0.2) is 41.9 Å². The molecule has 1 aromatic carbocycles. The molecule has 0 saturated carbocycles. The molecule has 3 aromatic rings. The Morgan fingerprint density at radius 3 is 3.00 bits per heavy atom. The molecule has 4 nitrogen and oxygen atoms in total. The standard InChI is InChI=1S/C16H17N3OS/c1-2-13(15-4-3-7-21-15)19-16(20)12-9-18-14-6-5-10(17)8-11(12)14/h3-9,13,18H,2,17H2,1H3,(H,19,20). The molecule has 3 rings (SSSR count). The van der Waals surface area contributed by atoms with Crippen molar-refractivity contribution < 1.29 is 4.79 Å². The van der Waals surface area contributed by atoms with Crippen LogP contribution in [0.25, 0.3) is 10.9 Å². The fourth-order valence-electron chi connectivity index (χ4n) is 2.43. The smallest absolute Gasteiger partial charge is 0.253 e. The van der Waals surface area contributed by atoms with Crippen LogP contribution in [0, 0.1) is 0 Å². The first kappa shape index (κ1) is 13.7. The van der Waals surface area contributed by atoms with E-state index in [-0.39, 0.29) is 11.9 Å². The molecule has 1 atom stereocenters. The van der Waals surface area contributed by atoms with Gasteiger partial charge in [0, 0.05) is 27.7 Å². The van der Waals surface area contributed by atoms with Crippen LogP contribution in [0.1, 0.15) is 34.6 Å². The topological polar surface area (TPSA) is 70.9 Å². The van der Waals surface area contributed by atoms with Gasteiger partial charge in [-0.2, -0.15) is 0 Å². The van der Waals surface area contributed by atoms with Gasteiger partial charge in [-0.1, -0.05) is 13.0 Å². The van der Waals surface area contributed by atoms with Crippen LogP contribution in [0.2, 0.25) is 0 Å². The minimum Gasteiger partial charge on any atom is -0.399 e. The minimum absolute atomic E-state index is 0.0449. The van der Waals surface area contributed by atoms with Gasteiger partial charge in [-0.05, 0) is 36.1 Å². The zero-order valence-corrected chi connectivity index (χ0v) is 12.5. The summed E-state index contributed by atoms with van der Waals surface area (Å²) in [6, 6.07) is 9.63. The Morgan fingerprint density at radius 2 is 2.29 bits per heavy atom. The number of carbonyl (C=O) groups excluding carboxylic acids is 1. The van der Waals surface area contributed by atoms with E-state index < -0.39 is 0 Å². The van der Waals surface area contributed by atoms with Gasteiger partial charge in [0.15, 0.2) is 0 Å². The van der Waals surface area contributed by atoms with Crippen molar-refractivity contribution in [3.8, 4) is 0 Å². The predicted molar refractivity (Wildman–Crippen MR) is 87.5 cm³/mol. The first-order chi connectivity index (χ1) is 10.2. The third-order valence-electron chi connectivity index (χ3n) is 3.55. The van der Waals surface area contributed by atoms with E-state index in [1.54, 1.807) is 17.5 Å². The molecule has 5 heteroatoms. The fraction of sp³-hybridized carbons (Fsp3) is 0.188. The molecule has 0 aliphatic rings. The molecule has 0 aliphatic carbocycles. The number of amides is 1. The van der Waals surface area contributed by atoms with Crippen molar-refractivity contribution in [1.82, 2.24) is 10.3 Å². The average Bonchev–Trinajstić information content (AvgIpc) is 3.13. The van der Waals surface area contributed by atoms with Gasteiger partial charge < -0.3 is 16.0 Å². The molecule has 0 radical (unpaired) electrons. The number of nitrogens with one attached hydrogen (secondary N) is 2. The van der Waals surface area contributed by atoms with Crippen molar-refractivity contribution in [2.24, 2.45) is 0 Å². The maximum atomic E-state index is 12.5. The third-order valence-corrected chi connectivity index (χ3v) is 4.54. The molecule has 108 valence electrons. The highest BCUT2D eigenvalue weighted by Gasteiger charge is 2.17. The summed E-state index contributed by atoms with van der Waals surface area (Å²) in [6.45, 7) is 2.07. The lowest BCUT2D eigenvalue weighted by Crippen LogP contribution is -2.27. The highest BCUT2D eigenvalue weighted by molar-refractivity contribution is 7.10. The monoisotopic (exact) mass is 299 g/mol. The Bertz CT molecular complexity index is 761. The fourth-order valence-corrected chi connectivity index (χ4v) is 3.29. The Balaban J connectivity index is 1.88. The van der Waals surface area contributed by atoms with Gasteiger partial charge in [0.1, 0.15) is 0 Å². The number of benzene rings is 1. The zero-order valence-electron chi connectivity index (χ0n) is 11.7. The SMILES string of the molecule is CCC(NC(=O)c1c[nH]c2ccc(N)cc12)c1cccs1. The second kappa shape index (κ2) is 5.61. The normalized spacial score (nSPS) is 12.4. The number of aromatic nitrogens is 1. The van der Waals surface area contributed by atoms with E-state index >= 15 is 0 Å². The summed E-state index contributed by atoms with van der Waals surface area (Å²) in [6.07, 6.45) is 2.59. The number of rotatable bonds is 4. The number of nitrogen functional groups attached to an aromatic ring is 1. The molecule has 2 aromatic heterocycles. The first-order valence-corrected chi connectivity index (χ1v) is 7.78. The van der Waals surface area contributed by atoms with Gasteiger partial charge >= 0.3 is 0 Å². The van der Waals surface area contributed by atoms with E-state index in [1.807, 2.05) is 35.7 Å². The van der Waals surface area contributed by atoms with Crippen LogP contribution in [0.4, 0.5) is 5.69 Å². The van der Waals surface area contributed by atoms with Gasteiger partial charge in [0.05, 0.1) is 11.6 Å². The van der Waals surface area contributed by atoms with Crippen LogP contribution >= 0.6 is 11.3 Å². The van der Waals surface area contributed by atoms with E-state index in [2.05, 4.69) is 17.2 Å². The van der Waals surface area contributed by atoms with E-state index in [4.69, 9.17) is 5.73 Å². The Morgan fingerprint density at radius 1 is 1.43 bits per heavy atom. The van der Waals surface area contributed by atoms with Crippen LogP contribution in [0.5, 0.6) is 0 Å². The molecule has 0 saturated heterocycles. The van der Waals surface area contributed by atoms with Crippen molar-refractivity contribution in [2.75, 3.05) is 5.73 Å². The summed E-state index contributed by atoms with van der Waals surface area (Å²) in [5, 5.41) is 5.97. The van der Waals surface area contributed by atoms with E-state index in [1.165, 1.54) is 4.88 Å². The number of hydrogen-bond acceptors (Lipinski definition) is 3. The van der Waals surface area contributed by atoms with E-state index in [0.717, 1.165) is 17.3 Å². The number of carbonyl (C=O) groups is 1. The molecule has 0 spiro atoms. The molecule has 2 heterocycles. The number of hydrogen-bond donors (Lipinski definition) is 3. The third kappa shape index (κ3) is 2.64. The van der Waals surface area contributed by atoms with E-state index in [9.17, 15) is 4.79 Å². The second-order valence-electron chi connectivity index (χ2n) is 4.96. The first-order valence-electron chi connectivity index (χ1n) is 6.90. The van der Waals surface area contributed by atoms with Crippen molar-refractivity contribution in [3.05, 3.63) is 52.3 Å². The Labute approximate surface area is 127 Å². The van der Waals surface area contributed by atoms with Crippen LogP contribution in [-0.4, -0.2) is 10.9 Å². The van der Waals surface area contributed by atoms with Gasteiger partial charge in [-0.3, -0.25) is 4.79 Å². The van der Waals surface area contributed by atoms with Crippen LogP contribution < -0.4 is 11.1 Å². The molecule has 0 bridgehead atoms. The molecule has 1 amide bonds. The quantitative estimate of drug-likeness (QED) is 0.643. The van der Waals surface area contributed by atoms with Gasteiger partial charge in [-0.15, -0.1) is 11.3 Å². The summed E-state index contributed by atoms with van der Waals surface area (Å²) in [5.74, 6) is -0.0768. The number of H-pyrrole nitrogens is 1. The van der Waals surface area contributed by atoms with Crippen molar-refractivity contribution in [2.45, 2.75) is 19.4 Å². The van der Waals surface area contributed by atoms with Gasteiger partial charge in [0.25, 0.3) is 5.91 Å². The summed E-state index contributed by atoms with van der Waals surface area (Å²) in [7, 11) is 0. The highest BCUT2D eigenvalue weighted by atomic mass is 32.1. The number of nitrogens with two attached hydrogens (primary N) is 1. The predicted octanol–water partition coefficient (Wildman–Crippen LogP) is 3.69. The Hall–Kier alpha value is -2.27. The molecule has 21 heavy (non-hydrogen) atoms. The number of fused-ring (bicyclic) bond motifs is 1. The minimum atomic E-state index is -0.0768. The second-order valence-corrected chi connectivity index (χ2v) is 5.94. The lowest BCUT2D eigenvalue weighted by molar-refractivity contribution is 0.0938. The van der Waals surface area contributed by atoms with Crippen LogP contribution in [0.3, 0.4) is 0 Å². The lowest BCUT2D eigenvalue weighted by atomic mass is 10.1. The Kier molecular flexibility index (Phi) is 3.66. The summed E-state index contributed by atoms with van der Waals surface area (Å²) < 4.78 is 0. The van der Waals surface area contributed by atoms with Crippen molar-refractivity contribution >= 4 is 33.8 Å². The molecule has 0 fully saturated rings. The number of aromatic amines is 1. The summed E-state index contributed by atoms with van der Waals surface area (Å²) in [4.78, 5) is 16.8. The van der Waals surface area contributed by atoms with Crippen LogP contribution in [-0.2, 0) is 0 Å². The summed E-state index contributed by atoms with van der Waals surface area (Å²) in [5.41, 5.74) is 8.01. The molecule has 4 N–H and O–H groups in total. The molecule has 1 unspecified atom stereocenters. The van der Waals surface area contributed by atoms with E-state index in [0.29, 0.717) is 11.3 Å². The number of thiophene rings is 1. The highest BCUT2D eigenvalue weighted by Crippen LogP contribution is 2.24. The van der Waals surface area contributed by atoms with Crippen molar-refractivity contribution in [3.63, 3.8) is 0 Å². The van der Waals surface area contributed by atoms with Gasteiger partial charge in [-0.25, -0.2) is 0 Å². The summed E-state index contributed by atoms with van der Waals surface area (Å²) >= 11 is 1.66. The molecule has 0 aliphatic heterocycles. The maximum Gasteiger partial charge on any atom is 0.253 e. The number of anilines is 1. The largest absolute Gasteiger partial charge is 0.399 e. The molecular weight excluding hydrogens is 282 g/mol. The maximum absolute atomic E-state index is 12.5. The lowest BCUT2D eigenvalue weighted by Gasteiger charge is -2.15. The van der Waals surface area contributed by atoms with Crippen molar-refractivity contribution in [1.29, 1.82) is 0 Å². The molecular formula is C16H17N3OS. The average molecular weight is 299 g/mol.